The van der Waals surface area contributed by atoms with E-state index < -0.39 is 0 Å². The first-order chi connectivity index (χ1) is 9.56. The van der Waals surface area contributed by atoms with E-state index in [1.807, 2.05) is 36.1 Å². The molecule has 1 heterocycles. The normalized spacial score (nSPS) is 19.6. The van der Waals surface area contributed by atoms with Crippen LogP contribution in [0.15, 0.2) is 24.3 Å². The van der Waals surface area contributed by atoms with Crippen LogP contribution in [-0.4, -0.2) is 35.8 Å². The molecule has 1 aliphatic heterocycles. The molecule has 1 aliphatic rings. The Morgan fingerprint density at radius 2 is 2.20 bits per heavy atom. The number of anilines is 1. The Labute approximate surface area is 119 Å². The van der Waals surface area contributed by atoms with Crippen LogP contribution in [0.1, 0.15) is 24.8 Å². The fraction of sp³-hybridized carbons (Fsp3) is 0.467. The van der Waals surface area contributed by atoms with Crippen molar-refractivity contribution in [2.45, 2.75) is 32.2 Å². The number of hydrogen-bond donors (Lipinski definition) is 2. The number of piperidine rings is 1. The summed E-state index contributed by atoms with van der Waals surface area (Å²) in [5.41, 5.74) is 7.27. The highest BCUT2D eigenvalue weighted by Gasteiger charge is 2.28. The molecule has 0 aromatic heterocycles. The van der Waals surface area contributed by atoms with Crippen molar-refractivity contribution in [3.63, 3.8) is 0 Å². The van der Waals surface area contributed by atoms with Crippen LogP contribution in [0, 0.1) is 6.92 Å². The molecule has 1 aromatic carbocycles. The standard InChI is InChI=1S/C15H21N3O2/c1-11-5-4-6-12(9-11)17-14(19)10-18-8-3-2-7-13(18)15(16)20/h4-6,9,13H,2-3,7-8,10H2,1H3,(H2,16,20)(H,17,19). The molecule has 0 radical (unpaired) electrons. The molecule has 3 N–H and O–H groups in total. The van der Waals surface area contributed by atoms with Gasteiger partial charge in [0, 0.05) is 5.69 Å². The number of hydrogen-bond acceptors (Lipinski definition) is 3. The lowest BCUT2D eigenvalue weighted by Gasteiger charge is -2.32. The van der Waals surface area contributed by atoms with E-state index in [0.29, 0.717) is 0 Å². The fourth-order valence-electron chi connectivity index (χ4n) is 2.61. The molecular formula is C15H21N3O2. The highest BCUT2D eigenvalue weighted by atomic mass is 16.2. The molecule has 1 unspecified atom stereocenters. The Hall–Kier alpha value is -1.88. The predicted molar refractivity (Wildman–Crippen MR) is 78.2 cm³/mol. The monoisotopic (exact) mass is 275 g/mol. The van der Waals surface area contributed by atoms with Gasteiger partial charge in [-0.2, -0.15) is 0 Å². The second-order valence-corrected chi connectivity index (χ2v) is 5.30. The van der Waals surface area contributed by atoms with Gasteiger partial charge in [-0.15, -0.1) is 0 Å². The Kier molecular flexibility index (Phi) is 4.74. The zero-order valence-electron chi connectivity index (χ0n) is 11.8. The van der Waals surface area contributed by atoms with Crippen molar-refractivity contribution < 1.29 is 9.59 Å². The van der Waals surface area contributed by atoms with Gasteiger partial charge >= 0.3 is 0 Å². The van der Waals surface area contributed by atoms with Gasteiger partial charge in [0.15, 0.2) is 0 Å². The second kappa shape index (κ2) is 6.52. The number of carbonyl (C=O) groups is 2. The first kappa shape index (κ1) is 14.5. The minimum Gasteiger partial charge on any atom is -0.368 e. The largest absolute Gasteiger partial charge is 0.368 e. The molecule has 2 amide bonds. The van der Waals surface area contributed by atoms with E-state index in [-0.39, 0.29) is 24.4 Å². The summed E-state index contributed by atoms with van der Waals surface area (Å²) in [6.45, 7) is 2.93. The molecule has 5 nitrogen and oxygen atoms in total. The topological polar surface area (TPSA) is 75.4 Å². The van der Waals surface area contributed by atoms with E-state index in [9.17, 15) is 9.59 Å². The summed E-state index contributed by atoms with van der Waals surface area (Å²) in [6, 6.07) is 7.33. The van der Waals surface area contributed by atoms with Crippen LogP contribution in [-0.2, 0) is 9.59 Å². The molecule has 5 heteroatoms. The maximum absolute atomic E-state index is 12.1. The van der Waals surface area contributed by atoms with Crippen molar-refractivity contribution in [2.24, 2.45) is 5.73 Å². The lowest BCUT2D eigenvalue weighted by Crippen LogP contribution is -2.50. The van der Waals surface area contributed by atoms with E-state index in [2.05, 4.69) is 5.32 Å². The lowest BCUT2D eigenvalue weighted by molar-refractivity contribution is -0.126. The van der Waals surface area contributed by atoms with Crippen molar-refractivity contribution in [1.29, 1.82) is 0 Å². The van der Waals surface area contributed by atoms with E-state index in [1.165, 1.54) is 0 Å². The summed E-state index contributed by atoms with van der Waals surface area (Å²) in [7, 11) is 0. The third-order valence-corrected chi connectivity index (χ3v) is 3.59. The number of nitrogens with two attached hydrogens (primary N) is 1. The minimum absolute atomic E-state index is 0.108. The smallest absolute Gasteiger partial charge is 0.238 e. The molecular weight excluding hydrogens is 254 g/mol. The van der Waals surface area contributed by atoms with Crippen molar-refractivity contribution in [3.8, 4) is 0 Å². The fourth-order valence-corrected chi connectivity index (χ4v) is 2.61. The number of primary amides is 1. The van der Waals surface area contributed by atoms with E-state index in [0.717, 1.165) is 37.1 Å². The van der Waals surface area contributed by atoms with Crippen LogP contribution in [0.5, 0.6) is 0 Å². The van der Waals surface area contributed by atoms with Gasteiger partial charge in [0.05, 0.1) is 12.6 Å². The molecule has 1 aromatic rings. The van der Waals surface area contributed by atoms with Gasteiger partial charge in [0.2, 0.25) is 11.8 Å². The van der Waals surface area contributed by atoms with Crippen LogP contribution < -0.4 is 11.1 Å². The van der Waals surface area contributed by atoms with Gasteiger partial charge in [-0.05, 0) is 44.0 Å². The number of benzene rings is 1. The molecule has 2 rings (SSSR count). The van der Waals surface area contributed by atoms with Crippen LogP contribution in [0.2, 0.25) is 0 Å². The van der Waals surface area contributed by atoms with Crippen LogP contribution in [0.25, 0.3) is 0 Å². The summed E-state index contributed by atoms with van der Waals surface area (Å²) in [6.07, 6.45) is 2.73. The minimum atomic E-state index is -0.340. The van der Waals surface area contributed by atoms with Gasteiger partial charge in [0.1, 0.15) is 0 Å². The molecule has 108 valence electrons. The summed E-state index contributed by atoms with van der Waals surface area (Å²) in [5.74, 6) is -0.447. The summed E-state index contributed by atoms with van der Waals surface area (Å²) in [4.78, 5) is 25.3. The molecule has 1 saturated heterocycles. The number of amides is 2. The molecule has 0 bridgehead atoms. The van der Waals surface area contributed by atoms with Crippen molar-refractivity contribution in [2.75, 3.05) is 18.4 Å². The Morgan fingerprint density at radius 1 is 1.40 bits per heavy atom. The molecule has 20 heavy (non-hydrogen) atoms. The maximum Gasteiger partial charge on any atom is 0.238 e. The Balaban J connectivity index is 1.94. The average Bonchev–Trinajstić information content (AvgIpc) is 2.38. The Bertz CT molecular complexity index is 502. The summed E-state index contributed by atoms with van der Waals surface area (Å²) >= 11 is 0. The number of likely N-dealkylation sites (tertiary alicyclic amines) is 1. The van der Waals surface area contributed by atoms with Crippen LogP contribution in [0.4, 0.5) is 5.69 Å². The molecule has 1 atom stereocenters. The number of carbonyl (C=O) groups excluding carboxylic acids is 2. The molecule has 0 spiro atoms. The number of nitrogens with zero attached hydrogens (tertiary/aromatic N) is 1. The summed E-state index contributed by atoms with van der Waals surface area (Å²) in [5, 5.41) is 2.86. The van der Waals surface area contributed by atoms with E-state index >= 15 is 0 Å². The average molecular weight is 275 g/mol. The van der Waals surface area contributed by atoms with Crippen molar-refractivity contribution >= 4 is 17.5 Å². The lowest BCUT2D eigenvalue weighted by atomic mass is 10.0. The van der Waals surface area contributed by atoms with Crippen LogP contribution >= 0.6 is 0 Å². The number of nitrogens with one attached hydrogen (secondary N) is 1. The van der Waals surface area contributed by atoms with E-state index in [1.54, 1.807) is 0 Å². The zero-order chi connectivity index (χ0) is 14.5. The van der Waals surface area contributed by atoms with Gasteiger partial charge in [-0.1, -0.05) is 18.6 Å². The number of rotatable bonds is 4. The Morgan fingerprint density at radius 3 is 2.90 bits per heavy atom. The SMILES string of the molecule is Cc1cccc(NC(=O)CN2CCCCC2C(N)=O)c1. The van der Waals surface area contributed by atoms with Crippen molar-refractivity contribution in [1.82, 2.24) is 4.90 Å². The van der Waals surface area contributed by atoms with Gasteiger partial charge in [0.25, 0.3) is 0 Å². The maximum atomic E-state index is 12.1. The quantitative estimate of drug-likeness (QED) is 0.869. The predicted octanol–water partition coefficient (Wildman–Crippen LogP) is 1.27. The highest BCUT2D eigenvalue weighted by Crippen LogP contribution is 2.17. The van der Waals surface area contributed by atoms with Gasteiger partial charge in [-0.3, -0.25) is 14.5 Å². The highest BCUT2D eigenvalue weighted by molar-refractivity contribution is 5.92. The molecule has 0 aliphatic carbocycles. The number of aryl methyl sites for hydroxylation is 1. The third-order valence-electron chi connectivity index (χ3n) is 3.59. The van der Waals surface area contributed by atoms with Crippen molar-refractivity contribution in [3.05, 3.63) is 29.8 Å². The molecule has 0 saturated carbocycles. The summed E-state index contributed by atoms with van der Waals surface area (Å²) < 4.78 is 0. The van der Waals surface area contributed by atoms with Gasteiger partial charge < -0.3 is 11.1 Å². The van der Waals surface area contributed by atoms with E-state index in [4.69, 9.17) is 5.73 Å². The molecule has 1 fully saturated rings. The third kappa shape index (κ3) is 3.81. The van der Waals surface area contributed by atoms with Gasteiger partial charge in [-0.25, -0.2) is 0 Å². The first-order valence-corrected chi connectivity index (χ1v) is 6.96. The van der Waals surface area contributed by atoms with Crippen LogP contribution in [0.3, 0.4) is 0 Å². The zero-order valence-corrected chi connectivity index (χ0v) is 11.8. The second-order valence-electron chi connectivity index (χ2n) is 5.30. The first-order valence-electron chi connectivity index (χ1n) is 6.96.